The molecule has 0 aliphatic carbocycles. The summed E-state index contributed by atoms with van der Waals surface area (Å²) in [6.07, 6.45) is 0.0907. The number of hydrogen-bond acceptors (Lipinski definition) is 4. The first-order chi connectivity index (χ1) is 16.8. The summed E-state index contributed by atoms with van der Waals surface area (Å²) in [4.78, 5) is 24.2. The van der Waals surface area contributed by atoms with Crippen molar-refractivity contribution in [2.45, 2.75) is 49.3 Å². The first-order valence-electron chi connectivity index (χ1n) is 11.3. The number of carbonyl (C=O) groups excluding carboxylic acids is 1. The Bertz CT molecular complexity index is 1310. The molecule has 1 atom stereocenters. The molecule has 9 heteroatoms. The lowest BCUT2D eigenvalue weighted by molar-refractivity contribution is -0.139. The summed E-state index contributed by atoms with van der Waals surface area (Å²) in [7, 11) is -3.54. The number of carboxylic acid groups (broad SMARTS) is 1. The van der Waals surface area contributed by atoms with Gasteiger partial charge in [0.15, 0.2) is 9.84 Å². The smallest absolute Gasteiger partial charge is 0.326 e. The average molecular weight is 529 g/mol. The van der Waals surface area contributed by atoms with Crippen LogP contribution in [0.2, 0.25) is 5.02 Å². The molecule has 0 heterocycles. The van der Waals surface area contributed by atoms with Crippen molar-refractivity contribution in [2.24, 2.45) is 0 Å². The summed E-state index contributed by atoms with van der Waals surface area (Å²) in [6, 6.07) is 18.1. The Morgan fingerprint density at radius 2 is 1.44 bits per heavy atom. The van der Waals surface area contributed by atoms with Gasteiger partial charge in [-0.1, -0.05) is 68.8 Å². The van der Waals surface area contributed by atoms with Crippen molar-refractivity contribution in [3.8, 4) is 0 Å². The molecule has 0 aliphatic heterocycles. The first kappa shape index (κ1) is 27.2. The third kappa shape index (κ3) is 7.57. The predicted molar refractivity (Wildman–Crippen MR) is 141 cm³/mol. The van der Waals surface area contributed by atoms with Crippen molar-refractivity contribution in [3.63, 3.8) is 0 Å². The van der Waals surface area contributed by atoms with Crippen LogP contribution in [-0.2, 0) is 32.2 Å². The van der Waals surface area contributed by atoms with E-state index in [1.165, 1.54) is 0 Å². The number of halogens is 1. The summed E-state index contributed by atoms with van der Waals surface area (Å²) in [6.45, 7) is 6.19. The normalized spacial score (nSPS) is 12.6. The van der Waals surface area contributed by atoms with E-state index >= 15 is 0 Å². The number of amides is 2. The zero-order valence-corrected chi connectivity index (χ0v) is 21.9. The van der Waals surface area contributed by atoms with Crippen LogP contribution < -0.4 is 10.6 Å². The molecule has 3 aromatic carbocycles. The molecule has 0 aliphatic rings. The molecule has 2 amide bonds. The van der Waals surface area contributed by atoms with Crippen molar-refractivity contribution in [1.29, 1.82) is 0 Å². The average Bonchev–Trinajstić information content (AvgIpc) is 2.80. The van der Waals surface area contributed by atoms with Gasteiger partial charge in [0.2, 0.25) is 0 Å². The highest BCUT2D eigenvalue weighted by atomic mass is 35.5. The van der Waals surface area contributed by atoms with E-state index in [9.17, 15) is 23.1 Å². The van der Waals surface area contributed by atoms with E-state index in [0.29, 0.717) is 21.8 Å². The van der Waals surface area contributed by atoms with Crippen LogP contribution in [0.15, 0.2) is 77.7 Å². The highest BCUT2D eigenvalue weighted by molar-refractivity contribution is 7.90. The Morgan fingerprint density at radius 3 is 1.97 bits per heavy atom. The molecule has 190 valence electrons. The van der Waals surface area contributed by atoms with E-state index in [1.54, 1.807) is 60.7 Å². The summed E-state index contributed by atoms with van der Waals surface area (Å²) in [5.74, 6) is -1.35. The number of sulfone groups is 1. The molecular formula is C27H29ClN2O5S. The van der Waals surface area contributed by atoms with Crippen molar-refractivity contribution >= 4 is 39.1 Å². The third-order valence-electron chi connectivity index (χ3n) is 5.60. The molecule has 0 radical (unpaired) electrons. The maximum Gasteiger partial charge on any atom is 0.326 e. The maximum absolute atomic E-state index is 12.8. The van der Waals surface area contributed by atoms with Gasteiger partial charge in [0.1, 0.15) is 6.04 Å². The fourth-order valence-electron chi connectivity index (χ4n) is 3.53. The molecule has 36 heavy (non-hydrogen) atoms. The number of carboxylic acids is 1. The highest BCUT2D eigenvalue weighted by Gasteiger charge is 2.21. The second-order valence-electron chi connectivity index (χ2n) is 9.55. The number of nitrogens with one attached hydrogen (secondary N) is 2. The molecule has 7 nitrogen and oxygen atoms in total. The summed E-state index contributed by atoms with van der Waals surface area (Å²) < 4.78 is 25.7. The predicted octanol–water partition coefficient (Wildman–Crippen LogP) is 5.43. The summed E-state index contributed by atoms with van der Waals surface area (Å²) in [5.41, 5.74) is 2.66. The highest BCUT2D eigenvalue weighted by Crippen LogP contribution is 2.25. The molecule has 0 saturated carbocycles. The minimum absolute atomic E-state index is 0.0717. The Morgan fingerprint density at radius 1 is 0.889 bits per heavy atom. The number of hydrogen-bond donors (Lipinski definition) is 3. The lowest BCUT2D eigenvalue weighted by Crippen LogP contribution is -2.44. The van der Waals surface area contributed by atoms with Gasteiger partial charge in [0, 0.05) is 17.1 Å². The van der Waals surface area contributed by atoms with Gasteiger partial charge >= 0.3 is 12.0 Å². The molecule has 0 bridgehead atoms. The summed E-state index contributed by atoms with van der Waals surface area (Å²) >= 11 is 5.85. The Balaban J connectivity index is 1.60. The van der Waals surface area contributed by atoms with Crippen LogP contribution in [0.25, 0.3) is 0 Å². The fourth-order valence-corrected chi connectivity index (χ4v) is 5.01. The lowest BCUT2D eigenvalue weighted by Gasteiger charge is -2.19. The summed E-state index contributed by atoms with van der Waals surface area (Å²) in [5, 5.41) is 15.0. The molecule has 3 aromatic rings. The van der Waals surface area contributed by atoms with E-state index in [-0.39, 0.29) is 22.5 Å². The van der Waals surface area contributed by atoms with Crippen LogP contribution in [0.3, 0.4) is 0 Å². The van der Waals surface area contributed by atoms with Gasteiger partial charge in [-0.2, -0.15) is 0 Å². The molecule has 0 fully saturated rings. The van der Waals surface area contributed by atoms with Gasteiger partial charge in [0.05, 0.1) is 10.6 Å². The van der Waals surface area contributed by atoms with E-state index in [1.807, 2.05) is 12.1 Å². The molecule has 0 aromatic heterocycles. The number of rotatable bonds is 8. The SMILES string of the molecule is CC(C)(C)c1ccc(S(=O)(=O)Cc2ccc(NC(=O)N[C@H](Cc3ccc(Cl)cc3)C(=O)O)cc2)cc1. The molecule has 3 N–H and O–H groups in total. The van der Waals surface area contributed by atoms with Crippen LogP contribution in [0.1, 0.15) is 37.5 Å². The number of urea groups is 1. The molecule has 0 saturated heterocycles. The van der Waals surface area contributed by atoms with E-state index < -0.39 is 27.9 Å². The first-order valence-corrected chi connectivity index (χ1v) is 13.3. The van der Waals surface area contributed by atoms with Crippen LogP contribution in [-0.4, -0.2) is 31.6 Å². The standard InChI is InChI=1S/C27H29ClN2O5S/c1-27(2,3)20-8-14-23(15-9-20)36(34,35)17-19-6-12-22(13-7-19)29-26(33)30-24(25(31)32)16-18-4-10-21(28)11-5-18/h4-15,24H,16-17H2,1-3H3,(H,31,32)(H2,29,30,33)/t24-/m1/s1. The molecule has 0 unspecified atom stereocenters. The van der Waals surface area contributed by atoms with E-state index in [2.05, 4.69) is 31.4 Å². The van der Waals surface area contributed by atoms with Crippen LogP contribution in [0.4, 0.5) is 10.5 Å². The number of benzene rings is 3. The Kier molecular flexibility index (Phi) is 8.43. The zero-order valence-electron chi connectivity index (χ0n) is 20.3. The Labute approximate surface area is 216 Å². The van der Waals surface area contributed by atoms with Crippen molar-refractivity contribution in [2.75, 3.05) is 5.32 Å². The van der Waals surface area contributed by atoms with Gasteiger partial charge < -0.3 is 15.7 Å². The quantitative estimate of drug-likeness (QED) is 0.361. The monoisotopic (exact) mass is 528 g/mol. The second kappa shape index (κ2) is 11.1. The minimum Gasteiger partial charge on any atom is -0.480 e. The molecular weight excluding hydrogens is 500 g/mol. The van der Waals surface area contributed by atoms with Gasteiger partial charge in [0.25, 0.3) is 0 Å². The van der Waals surface area contributed by atoms with Crippen LogP contribution in [0.5, 0.6) is 0 Å². The van der Waals surface area contributed by atoms with Crippen LogP contribution >= 0.6 is 11.6 Å². The number of aliphatic carboxylic acids is 1. The number of anilines is 1. The van der Waals surface area contributed by atoms with Gasteiger partial charge in [-0.3, -0.25) is 0 Å². The lowest BCUT2D eigenvalue weighted by atomic mass is 9.87. The van der Waals surface area contributed by atoms with Crippen LogP contribution in [0, 0.1) is 0 Å². The van der Waals surface area contributed by atoms with Gasteiger partial charge in [-0.15, -0.1) is 0 Å². The van der Waals surface area contributed by atoms with E-state index in [4.69, 9.17) is 11.6 Å². The molecule has 0 spiro atoms. The zero-order chi connectivity index (χ0) is 26.5. The fraction of sp³-hybridized carbons (Fsp3) is 0.259. The number of carbonyl (C=O) groups is 2. The van der Waals surface area contributed by atoms with Crippen molar-refractivity contribution < 1.29 is 23.1 Å². The topological polar surface area (TPSA) is 113 Å². The minimum atomic E-state index is -3.54. The maximum atomic E-state index is 12.8. The van der Waals surface area contributed by atoms with Gasteiger partial charge in [-0.05, 0) is 58.5 Å². The van der Waals surface area contributed by atoms with Crippen molar-refractivity contribution in [3.05, 3.63) is 94.5 Å². The van der Waals surface area contributed by atoms with E-state index in [0.717, 1.165) is 5.56 Å². The second-order valence-corrected chi connectivity index (χ2v) is 12.0. The van der Waals surface area contributed by atoms with Crippen molar-refractivity contribution in [1.82, 2.24) is 5.32 Å². The third-order valence-corrected chi connectivity index (χ3v) is 7.56. The molecule has 3 rings (SSSR count). The van der Waals surface area contributed by atoms with Gasteiger partial charge in [-0.25, -0.2) is 18.0 Å². The largest absolute Gasteiger partial charge is 0.480 e. The Hall–Kier alpha value is -3.36.